The van der Waals surface area contributed by atoms with E-state index in [0.717, 1.165) is 33.7 Å². The van der Waals surface area contributed by atoms with Gasteiger partial charge in [0.1, 0.15) is 22.3 Å². The van der Waals surface area contributed by atoms with Gasteiger partial charge in [-0.05, 0) is 45.0 Å². The quantitative estimate of drug-likeness (QED) is 0.696. The summed E-state index contributed by atoms with van der Waals surface area (Å²) >= 11 is 1.40. The number of carbonyl (C=O) groups excluding carboxylic acids is 1. The number of anilines is 4. The van der Waals surface area contributed by atoms with Crippen molar-refractivity contribution in [1.29, 1.82) is 0 Å². The van der Waals surface area contributed by atoms with Crippen molar-refractivity contribution in [3.05, 3.63) is 51.7 Å². The van der Waals surface area contributed by atoms with Crippen LogP contribution < -0.4 is 15.5 Å². The normalized spacial score (nSPS) is 10.6. The molecule has 140 valence electrons. The van der Waals surface area contributed by atoms with Gasteiger partial charge in [-0.25, -0.2) is 15.0 Å². The van der Waals surface area contributed by atoms with Crippen molar-refractivity contribution in [1.82, 2.24) is 15.0 Å². The number of rotatable bonds is 5. The number of aryl methyl sites for hydroxylation is 3. The molecule has 7 nitrogen and oxygen atoms in total. The molecule has 0 fully saturated rings. The Morgan fingerprint density at radius 3 is 2.26 bits per heavy atom. The molecule has 0 bridgehead atoms. The molecule has 0 aliphatic rings. The van der Waals surface area contributed by atoms with E-state index < -0.39 is 0 Å². The van der Waals surface area contributed by atoms with Gasteiger partial charge in [-0.15, -0.1) is 11.3 Å². The first-order valence-corrected chi connectivity index (χ1v) is 9.29. The van der Waals surface area contributed by atoms with Gasteiger partial charge < -0.3 is 15.5 Å². The summed E-state index contributed by atoms with van der Waals surface area (Å²) in [6.45, 7) is 5.60. The molecule has 0 aliphatic carbocycles. The summed E-state index contributed by atoms with van der Waals surface area (Å²) in [5.74, 6) is 2.12. The van der Waals surface area contributed by atoms with Crippen LogP contribution in [0.4, 0.5) is 23.0 Å². The fourth-order valence-electron chi connectivity index (χ4n) is 2.56. The molecule has 0 radical (unpaired) electrons. The first-order valence-electron chi connectivity index (χ1n) is 8.47. The van der Waals surface area contributed by atoms with Gasteiger partial charge in [0.2, 0.25) is 0 Å². The lowest BCUT2D eigenvalue weighted by atomic mass is 10.2. The standard InChI is InChI=1S/C19H22N6OS/c1-11-18(27-13(3)20-11)19(26)24-15-8-6-14(7-9-15)23-16-10-17(25(4)5)22-12(2)21-16/h6-10H,1-5H3,(H,24,26)(H,21,22,23). The number of amides is 1. The number of aromatic nitrogens is 3. The number of benzene rings is 1. The number of nitrogens with zero attached hydrogens (tertiary/aromatic N) is 4. The van der Waals surface area contributed by atoms with Gasteiger partial charge >= 0.3 is 0 Å². The maximum absolute atomic E-state index is 12.4. The van der Waals surface area contributed by atoms with Crippen LogP contribution in [0.15, 0.2) is 30.3 Å². The van der Waals surface area contributed by atoms with Gasteiger partial charge in [-0.2, -0.15) is 0 Å². The van der Waals surface area contributed by atoms with Crippen LogP contribution >= 0.6 is 11.3 Å². The van der Waals surface area contributed by atoms with Crippen LogP contribution in [0.3, 0.4) is 0 Å². The minimum atomic E-state index is -0.138. The highest BCUT2D eigenvalue weighted by molar-refractivity contribution is 7.13. The number of hydrogen-bond donors (Lipinski definition) is 2. The highest BCUT2D eigenvalue weighted by Crippen LogP contribution is 2.22. The first kappa shape index (κ1) is 18.8. The van der Waals surface area contributed by atoms with Gasteiger partial charge in [0.05, 0.1) is 10.7 Å². The van der Waals surface area contributed by atoms with Crippen LogP contribution in [0, 0.1) is 20.8 Å². The first-order chi connectivity index (χ1) is 12.8. The van der Waals surface area contributed by atoms with Crippen molar-refractivity contribution in [3.63, 3.8) is 0 Å². The molecule has 0 atom stereocenters. The molecule has 0 spiro atoms. The molecule has 0 aliphatic heterocycles. The Balaban J connectivity index is 1.70. The van der Waals surface area contributed by atoms with Crippen molar-refractivity contribution in [3.8, 4) is 0 Å². The average molecular weight is 382 g/mol. The van der Waals surface area contributed by atoms with E-state index in [9.17, 15) is 4.79 Å². The molecular weight excluding hydrogens is 360 g/mol. The maximum atomic E-state index is 12.4. The van der Waals surface area contributed by atoms with Crippen LogP contribution in [0.25, 0.3) is 0 Å². The van der Waals surface area contributed by atoms with Gasteiger partial charge in [0, 0.05) is 31.5 Å². The summed E-state index contributed by atoms with van der Waals surface area (Å²) in [7, 11) is 3.88. The summed E-state index contributed by atoms with van der Waals surface area (Å²) in [5, 5.41) is 7.06. The second-order valence-corrected chi connectivity index (χ2v) is 7.56. The van der Waals surface area contributed by atoms with E-state index in [1.165, 1.54) is 11.3 Å². The maximum Gasteiger partial charge on any atom is 0.267 e. The molecule has 1 amide bonds. The van der Waals surface area contributed by atoms with Gasteiger partial charge in [0.25, 0.3) is 5.91 Å². The predicted molar refractivity (Wildman–Crippen MR) is 110 cm³/mol. The topological polar surface area (TPSA) is 83.0 Å². The lowest BCUT2D eigenvalue weighted by Crippen LogP contribution is -2.12. The Morgan fingerprint density at radius 2 is 1.67 bits per heavy atom. The number of carbonyl (C=O) groups is 1. The molecule has 0 saturated heterocycles. The van der Waals surface area contributed by atoms with E-state index in [-0.39, 0.29) is 5.91 Å². The monoisotopic (exact) mass is 382 g/mol. The zero-order chi connectivity index (χ0) is 19.6. The smallest absolute Gasteiger partial charge is 0.267 e. The van der Waals surface area contributed by atoms with Crippen LogP contribution in [-0.2, 0) is 0 Å². The highest BCUT2D eigenvalue weighted by Gasteiger charge is 2.14. The second kappa shape index (κ2) is 7.71. The number of nitrogens with one attached hydrogen (secondary N) is 2. The van der Waals surface area contributed by atoms with E-state index >= 15 is 0 Å². The van der Waals surface area contributed by atoms with Crippen LogP contribution in [0.1, 0.15) is 26.2 Å². The van der Waals surface area contributed by atoms with E-state index in [0.29, 0.717) is 10.7 Å². The molecule has 3 rings (SSSR count). The molecule has 0 unspecified atom stereocenters. The molecule has 2 heterocycles. The van der Waals surface area contributed by atoms with E-state index in [4.69, 9.17) is 0 Å². The Labute approximate surface area is 162 Å². The minimum Gasteiger partial charge on any atom is -0.363 e. The molecular formula is C19H22N6OS. The van der Waals surface area contributed by atoms with Crippen LogP contribution in [-0.4, -0.2) is 35.0 Å². The summed E-state index contributed by atoms with van der Waals surface area (Å²) in [5.41, 5.74) is 2.36. The Bertz CT molecular complexity index is 965. The summed E-state index contributed by atoms with van der Waals surface area (Å²) in [6, 6.07) is 9.38. The molecule has 2 N–H and O–H groups in total. The Hall–Kier alpha value is -3.00. The van der Waals surface area contributed by atoms with Crippen molar-refractivity contribution < 1.29 is 4.79 Å². The Kier molecular flexibility index (Phi) is 5.36. The molecule has 1 aromatic carbocycles. The molecule has 27 heavy (non-hydrogen) atoms. The molecule has 0 saturated carbocycles. The average Bonchev–Trinajstić information content (AvgIpc) is 2.94. The molecule has 8 heteroatoms. The third kappa shape index (κ3) is 4.59. The summed E-state index contributed by atoms with van der Waals surface area (Å²) < 4.78 is 0. The van der Waals surface area contributed by atoms with Gasteiger partial charge in [-0.3, -0.25) is 4.79 Å². The fraction of sp³-hybridized carbons (Fsp3) is 0.263. The minimum absolute atomic E-state index is 0.138. The van der Waals surface area contributed by atoms with Crippen LogP contribution in [0.5, 0.6) is 0 Å². The zero-order valence-corrected chi connectivity index (χ0v) is 16.8. The summed E-state index contributed by atoms with van der Waals surface area (Å²) in [6.07, 6.45) is 0. The van der Waals surface area contributed by atoms with Gasteiger partial charge in [0.15, 0.2) is 0 Å². The zero-order valence-electron chi connectivity index (χ0n) is 16.0. The van der Waals surface area contributed by atoms with Crippen LogP contribution in [0.2, 0.25) is 0 Å². The second-order valence-electron chi connectivity index (χ2n) is 6.36. The largest absolute Gasteiger partial charge is 0.363 e. The number of hydrogen-bond acceptors (Lipinski definition) is 7. The number of thiazole rings is 1. The lowest BCUT2D eigenvalue weighted by molar-refractivity contribution is 0.103. The van der Waals surface area contributed by atoms with Crippen molar-refractivity contribution in [2.24, 2.45) is 0 Å². The lowest BCUT2D eigenvalue weighted by Gasteiger charge is -2.14. The fourth-order valence-corrected chi connectivity index (χ4v) is 3.37. The predicted octanol–water partition coefficient (Wildman–Crippen LogP) is 3.92. The third-order valence-electron chi connectivity index (χ3n) is 3.81. The summed E-state index contributed by atoms with van der Waals surface area (Å²) in [4.78, 5) is 28.0. The molecule has 3 aromatic rings. The van der Waals surface area contributed by atoms with E-state index in [1.807, 2.05) is 70.1 Å². The van der Waals surface area contributed by atoms with E-state index in [1.54, 1.807) is 0 Å². The van der Waals surface area contributed by atoms with Crippen molar-refractivity contribution in [2.45, 2.75) is 20.8 Å². The Morgan fingerprint density at radius 1 is 1.00 bits per heavy atom. The van der Waals surface area contributed by atoms with E-state index in [2.05, 4.69) is 25.6 Å². The van der Waals surface area contributed by atoms with Crippen molar-refractivity contribution >= 4 is 40.3 Å². The SMILES string of the molecule is Cc1nc(Nc2ccc(NC(=O)c3sc(C)nc3C)cc2)cc(N(C)C)n1. The highest BCUT2D eigenvalue weighted by atomic mass is 32.1. The van der Waals surface area contributed by atoms with Crippen molar-refractivity contribution in [2.75, 3.05) is 29.6 Å². The van der Waals surface area contributed by atoms with Gasteiger partial charge in [-0.1, -0.05) is 0 Å². The molecule has 2 aromatic heterocycles. The third-order valence-corrected chi connectivity index (χ3v) is 4.88.